The molecule has 1 atom stereocenters. The lowest BCUT2D eigenvalue weighted by Gasteiger charge is -2.54. The van der Waals surface area contributed by atoms with E-state index < -0.39 is 64.5 Å². The van der Waals surface area contributed by atoms with Crippen LogP contribution in [0.15, 0.2) is 0 Å². The summed E-state index contributed by atoms with van der Waals surface area (Å²) in [7, 11) is 6.17. The number of rotatable bonds is 13. The Bertz CT molecular complexity index is 1500. The van der Waals surface area contributed by atoms with Crippen molar-refractivity contribution in [1.82, 2.24) is 14.7 Å². The SMILES string of the molecule is CN1C(C)(C)CC(OC(=O)C(CCCC(=O)OCC(C)(C)C2OCOCC23COCOC3)(C(=O)OC2CC(C)(C)N(C)C(C)(C)C2)C(=O)OC2CC(C)(C)N(C)C(C)(C)C2)CC1(C)C. The molecule has 0 aromatic heterocycles. The van der Waals surface area contributed by atoms with Crippen LogP contribution in [0, 0.1) is 16.2 Å². The summed E-state index contributed by atoms with van der Waals surface area (Å²) in [6, 6.07) is 0. The smallest absolute Gasteiger partial charge is 0.335 e. The molecule has 0 saturated carbocycles. The minimum atomic E-state index is -2.52. The molecule has 5 rings (SSSR count). The van der Waals surface area contributed by atoms with Crippen LogP contribution in [0.25, 0.3) is 0 Å². The Balaban J connectivity index is 1.46. The lowest BCUT2D eigenvalue weighted by Crippen LogP contribution is -2.62. The quantitative estimate of drug-likeness (QED) is 0.110. The Morgan fingerprint density at radius 3 is 1.22 bits per heavy atom. The summed E-state index contributed by atoms with van der Waals surface area (Å²) >= 11 is 0. The molecule has 0 aliphatic carbocycles. The van der Waals surface area contributed by atoms with Gasteiger partial charge in [0.25, 0.3) is 5.41 Å². The lowest BCUT2D eigenvalue weighted by molar-refractivity contribution is -0.299. The number of piperidine rings is 3. The average Bonchev–Trinajstić information content (AvgIpc) is 3.15. The minimum absolute atomic E-state index is 0.0145. The van der Waals surface area contributed by atoms with Gasteiger partial charge >= 0.3 is 23.9 Å². The number of ether oxygens (including phenoxy) is 8. The summed E-state index contributed by atoms with van der Waals surface area (Å²) in [4.78, 5) is 66.3. The number of carbonyl (C=O) groups is 4. The van der Waals surface area contributed by atoms with Crippen molar-refractivity contribution < 1.29 is 57.1 Å². The van der Waals surface area contributed by atoms with Crippen LogP contribution < -0.4 is 0 Å². The average molecular weight is 908 g/mol. The third kappa shape index (κ3) is 11.0. The first-order valence-corrected chi connectivity index (χ1v) is 23.6. The summed E-state index contributed by atoms with van der Waals surface area (Å²) in [6.07, 6.45) is 0.0185. The number of likely N-dealkylation sites (tertiary alicyclic amines) is 3. The molecule has 1 unspecified atom stereocenters. The maximum atomic E-state index is 15.3. The van der Waals surface area contributed by atoms with E-state index in [2.05, 4.69) is 119 Å². The third-order valence-electron chi connectivity index (χ3n) is 16.1. The molecule has 5 heterocycles. The fraction of sp³-hybridized carbons (Fsp3) is 0.918. The molecule has 0 N–H and O–H groups in total. The summed E-state index contributed by atoms with van der Waals surface area (Å²) < 4.78 is 48.3. The van der Waals surface area contributed by atoms with Gasteiger partial charge in [0.15, 0.2) is 0 Å². The van der Waals surface area contributed by atoms with Crippen molar-refractivity contribution in [2.45, 2.75) is 212 Å². The first-order valence-electron chi connectivity index (χ1n) is 23.6. The molecule has 15 heteroatoms. The predicted octanol–water partition coefficient (Wildman–Crippen LogP) is 6.66. The van der Waals surface area contributed by atoms with Crippen LogP contribution in [-0.4, -0.2) is 157 Å². The van der Waals surface area contributed by atoms with Gasteiger partial charge in [0.05, 0.1) is 37.9 Å². The second-order valence-electron chi connectivity index (χ2n) is 24.5. The molecule has 5 saturated heterocycles. The molecule has 368 valence electrons. The van der Waals surface area contributed by atoms with Gasteiger partial charge in [-0.2, -0.15) is 0 Å². The minimum Gasteiger partial charge on any atom is -0.465 e. The van der Waals surface area contributed by atoms with Gasteiger partial charge in [0.2, 0.25) is 0 Å². The Labute approximate surface area is 384 Å². The van der Waals surface area contributed by atoms with E-state index in [0.29, 0.717) is 58.3 Å². The van der Waals surface area contributed by atoms with E-state index in [-0.39, 0.29) is 72.7 Å². The fourth-order valence-corrected chi connectivity index (χ4v) is 11.8. The monoisotopic (exact) mass is 908 g/mol. The fourth-order valence-electron chi connectivity index (χ4n) is 11.8. The molecule has 64 heavy (non-hydrogen) atoms. The normalized spacial score (nSPS) is 27.7. The van der Waals surface area contributed by atoms with Crippen molar-refractivity contribution in [1.29, 1.82) is 0 Å². The van der Waals surface area contributed by atoms with Gasteiger partial charge in [-0.15, -0.1) is 0 Å². The molecule has 0 aromatic rings. The van der Waals surface area contributed by atoms with Gasteiger partial charge in [0.1, 0.15) is 31.9 Å². The van der Waals surface area contributed by atoms with Gasteiger partial charge in [-0.05, 0) is 117 Å². The van der Waals surface area contributed by atoms with Gasteiger partial charge in [-0.3, -0.25) is 33.9 Å². The van der Waals surface area contributed by atoms with Crippen LogP contribution in [0.2, 0.25) is 0 Å². The molecule has 0 amide bonds. The van der Waals surface area contributed by atoms with Crippen LogP contribution >= 0.6 is 0 Å². The maximum Gasteiger partial charge on any atom is 0.335 e. The van der Waals surface area contributed by atoms with Crippen LogP contribution in [0.5, 0.6) is 0 Å². The van der Waals surface area contributed by atoms with Crippen molar-refractivity contribution >= 4 is 23.9 Å². The van der Waals surface area contributed by atoms with Crippen LogP contribution in [0.4, 0.5) is 0 Å². The molecule has 0 bridgehead atoms. The van der Waals surface area contributed by atoms with E-state index in [1.54, 1.807) is 0 Å². The highest BCUT2D eigenvalue weighted by atomic mass is 16.7. The van der Waals surface area contributed by atoms with Crippen molar-refractivity contribution in [3.8, 4) is 0 Å². The highest BCUT2D eigenvalue weighted by Gasteiger charge is 2.61. The van der Waals surface area contributed by atoms with E-state index in [1.165, 1.54) is 0 Å². The standard InChI is InChI=1S/C49H85N3O12/c1-41(2,37-48(30-59-32-61-37)28-57-31-58-29-48)27-60-36(53)19-18-20-49(38(54)62-33-21-42(3,4)50(15)43(5,6)22-33,39(55)63-34-23-44(7,8)51(16)45(9,10)24-34)40(56)64-35-25-46(11,12)52(17)47(13,14)26-35/h33-35,37H,18-32H2,1-17H3. The van der Waals surface area contributed by atoms with E-state index in [0.717, 1.165) is 0 Å². The number of esters is 4. The van der Waals surface area contributed by atoms with Crippen molar-refractivity contribution in [3.63, 3.8) is 0 Å². The third-order valence-corrected chi connectivity index (χ3v) is 16.1. The van der Waals surface area contributed by atoms with E-state index >= 15 is 14.4 Å². The summed E-state index contributed by atoms with van der Waals surface area (Å²) in [5, 5.41) is 0. The van der Waals surface area contributed by atoms with E-state index in [1.807, 2.05) is 13.8 Å². The van der Waals surface area contributed by atoms with Crippen molar-refractivity contribution in [2.75, 3.05) is 61.2 Å². The highest BCUT2D eigenvalue weighted by molar-refractivity contribution is 6.18. The topological polar surface area (TPSA) is 152 Å². The van der Waals surface area contributed by atoms with Crippen molar-refractivity contribution in [3.05, 3.63) is 0 Å². The maximum absolute atomic E-state index is 15.3. The molecule has 0 aromatic carbocycles. The van der Waals surface area contributed by atoms with Crippen LogP contribution in [-0.2, 0) is 57.1 Å². The Morgan fingerprint density at radius 2 is 0.875 bits per heavy atom. The molecular weight excluding hydrogens is 823 g/mol. The zero-order valence-corrected chi connectivity index (χ0v) is 42.7. The van der Waals surface area contributed by atoms with Crippen LogP contribution in [0.1, 0.15) is 155 Å². The highest BCUT2D eigenvalue weighted by Crippen LogP contribution is 2.46. The number of carbonyl (C=O) groups excluding carboxylic acids is 4. The van der Waals surface area contributed by atoms with Gasteiger partial charge in [-0.1, -0.05) is 13.8 Å². The number of nitrogens with zero attached hydrogens (tertiary/aromatic N) is 3. The van der Waals surface area contributed by atoms with E-state index in [9.17, 15) is 4.79 Å². The first kappa shape index (κ1) is 52.6. The molecule has 15 nitrogen and oxygen atoms in total. The lowest BCUT2D eigenvalue weighted by atomic mass is 9.70. The molecular formula is C49H85N3O12. The van der Waals surface area contributed by atoms with Gasteiger partial charge in [-0.25, -0.2) is 0 Å². The summed E-state index contributed by atoms with van der Waals surface area (Å²) in [5.41, 5.74) is -5.93. The molecule has 1 spiro atoms. The molecule has 5 fully saturated rings. The second kappa shape index (κ2) is 18.6. The Morgan fingerprint density at radius 1 is 0.547 bits per heavy atom. The molecule has 5 aliphatic heterocycles. The largest absolute Gasteiger partial charge is 0.465 e. The summed E-state index contributed by atoms with van der Waals surface area (Å²) in [5.74, 6) is -3.56. The molecule has 5 aliphatic rings. The Hall–Kier alpha value is -2.40. The zero-order chi connectivity index (χ0) is 48.1. The van der Waals surface area contributed by atoms with E-state index in [4.69, 9.17) is 37.9 Å². The van der Waals surface area contributed by atoms with Gasteiger partial charge < -0.3 is 37.9 Å². The number of hydrogen-bond acceptors (Lipinski definition) is 15. The Kier molecular flexibility index (Phi) is 15.3. The first-order chi connectivity index (χ1) is 29.2. The predicted molar refractivity (Wildman–Crippen MR) is 241 cm³/mol. The van der Waals surface area contributed by atoms with Gasteiger partial charge in [0, 0.05) is 83.6 Å². The summed E-state index contributed by atoms with van der Waals surface area (Å²) in [6.45, 7) is 30.5. The molecule has 0 radical (unpaired) electrons. The second-order valence-corrected chi connectivity index (χ2v) is 24.5. The van der Waals surface area contributed by atoms with Crippen molar-refractivity contribution in [2.24, 2.45) is 16.2 Å². The number of hydrogen-bond donors (Lipinski definition) is 0. The van der Waals surface area contributed by atoms with Crippen LogP contribution in [0.3, 0.4) is 0 Å². The zero-order valence-electron chi connectivity index (χ0n) is 42.7.